The minimum Gasteiger partial charge on any atom is -0.427 e. The molecule has 4 heteroatoms. The van der Waals surface area contributed by atoms with Crippen molar-refractivity contribution in [3.05, 3.63) is 78.6 Å². The summed E-state index contributed by atoms with van der Waals surface area (Å²) in [6.45, 7) is 4.33. The Morgan fingerprint density at radius 1 is 0.818 bits per heavy atom. The molecule has 0 aliphatic heterocycles. The van der Waals surface area contributed by atoms with Gasteiger partial charge in [-0.25, -0.2) is 9.97 Å². The number of allylic oxidation sites excluding steroid dienone is 2. The molecule has 0 atom stereocenters. The van der Waals surface area contributed by atoms with Crippen molar-refractivity contribution in [2.75, 3.05) is 0 Å². The summed E-state index contributed by atoms with van der Waals surface area (Å²) in [5.74, 6) is 0.989. The first-order valence-corrected chi connectivity index (χ1v) is 12.1. The van der Waals surface area contributed by atoms with Gasteiger partial charge >= 0.3 is 5.97 Å². The molecule has 0 radical (unpaired) electrons. The number of hydrogen-bond donors (Lipinski definition) is 0. The van der Waals surface area contributed by atoms with E-state index < -0.39 is 0 Å². The van der Waals surface area contributed by atoms with Gasteiger partial charge in [0.15, 0.2) is 5.82 Å². The van der Waals surface area contributed by atoms with E-state index in [0.29, 0.717) is 18.0 Å². The van der Waals surface area contributed by atoms with Crippen LogP contribution in [-0.2, 0) is 11.2 Å². The van der Waals surface area contributed by atoms with Crippen LogP contribution in [0, 0.1) is 0 Å². The van der Waals surface area contributed by atoms with Gasteiger partial charge in [0.05, 0.1) is 0 Å². The molecular formula is C29H34N2O2. The minimum atomic E-state index is -0.204. The second-order valence-corrected chi connectivity index (χ2v) is 8.22. The highest BCUT2D eigenvalue weighted by atomic mass is 16.5. The quantitative estimate of drug-likeness (QED) is 0.125. The van der Waals surface area contributed by atoms with Crippen molar-refractivity contribution in [2.24, 2.45) is 0 Å². The molecule has 1 aromatic heterocycles. The molecular weight excluding hydrogens is 408 g/mol. The number of benzene rings is 2. The summed E-state index contributed by atoms with van der Waals surface area (Å²) in [6.07, 6.45) is 16.0. The Morgan fingerprint density at radius 2 is 1.52 bits per heavy atom. The van der Waals surface area contributed by atoms with Crippen molar-refractivity contribution in [3.8, 4) is 28.3 Å². The van der Waals surface area contributed by atoms with Crippen LogP contribution in [0.25, 0.3) is 22.5 Å². The molecule has 0 fully saturated rings. The largest absolute Gasteiger partial charge is 0.427 e. The summed E-state index contributed by atoms with van der Waals surface area (Å²) in [7, 11) is 0. The Hall–Kier alpha value is -3.27. The van der Waals surface area contributed by atoms with Gasteiger partial charge in [-0.1, -0.05) is 63.1 Å². The summed E-state index contributed by atoms with van der Waals surface area (Å²) in [4.78, 5) is 21.1. The third kappa shape index (κ3) is 7.98. The fraction of sp³-hybridized carbons (Fsp3) is 0.345. The van der Waals surface area contributed by atoms with Crippen LogP contribution in [0.2, 0.25) is 0 Å². The first-order chi connectivity index (χ1) is 16.2. The van der Waals surface area contributed by atoms with Gasteiger partial charge in [0.25, 0.3) is 0 Å². The number of aryl methyl sites for hydroxylation is 1. The maximum Gasteiger partial charge on any atom is 0.311 e. The Balaban J connectivity index is 1.54. The van der Waals surface area contributed by atoms with E-state index >= 15 is 0 Å². The second-order valence-electron chi connectivity index (χ2n) is 8.22. The van der Waals surface area contributed by atoms with Crippen LogP contribution in [-0.4, -0.2) is 15.9 Å². The molecule has 3 rings (SSSR count). The average Bonchev–Trinajstić information content (AvgIpc) is 2.85. The molecule has 0 spiro atoms. The van der Waals surface area contributed by atoms with Gasteiger partial charge in [-0.2, -0.15) is 0 Å². The third-order valence-corrected chi connectivity index (χ3v) is 5.51. The Kier molecular flexibility index (Phi) is 9.84. The molecule has 0 aliphatic rings. The number of carbonyl (C=O) groups is 1. The van der Waals surface area contributed by atoms with E-state index in [4.69, 9.17) is 4.74 Å². The predicted molar refractivity (Wildman–Crippen MR) is 135 cm³/mol. The number of unbranched alkanes of at least 4 members (excludes halogenated alkanes) is 3. The van der Waals surface area contributed by atoms with Crippen molar-refractivity contribution >= 4 is 5.97 Å². The first-order valence-electron chi connectivity index (χ1n) is 12.1. The van der Waals surface area contributed by atoms with Crippen molar-refractivity contribution < 1.29 is 9.53 Å². The minimum absolute atomic E-state index is 0.204. The van der Waals surface area contributed by atoms with Crippen molar-refractivity contribution in [1.29, 1.82) is 0 Å². The van der Waals surface area contributed by atoms with Crippen molar-refractivity contribution in [1.82, 2.24) is 9.97 Å². The van der Waals surface area contributed by atoms with Crippen molar-refractivity contribution in [3.63, 3.8) is 0 Å². The molecule has 0 bridgehead atoms. The van der Waals surface area contributed by atoms with E-state index in [1.807, 2.05) is 24.5 Å². The zero-order valence-corrected chi connectivity index (χ0v) is 19.8. The summed E-state index contributed by atoms with van der Waals surface area (Å²) < 4.78 is 5.43. The molecule has 4 nitrogen and oxygen atoms in total. The molecule has 172 valence electrons. The lowest BCUT2D eigenvalue weighted by Gasteiger charge is -2.07. The van der Waals surface area contributed by atoms with Crippen LogP contribution < -0.4 is 4.74 Å². The number of aromatic nitrogens is 2. The van der Waals surface area contributed by atoms with Crippen LogP contribution in [0.5, 0.6) is 5.75 Å². The maximum atomic E-state index is 12.0. The highest BCUT2D eigenvalue weighted by Gasteiger charge is 2.07. The van der Waals surface area contributed by atoms with E-state index in [0.717, 1.165) is 42.4 Å². The number of hydrogen-bond acceptors (Lipinski definition) is 4. The van der Waals surface area contributed by atoms with Crippen LogP contribution in [0.1, 0.15) is 64.4 Å². The number of rotatable bonds is 12. The van der Waals surface area contributed by atoms with Gasteiger partial charge in [-0.05, 0) is 67.5 Å². The fourth-order valence-electron chi connectivity index (χ4n) is 3.57. The monoisotopic (exact) mass is 442 g/mol. The lowest BCUT2D eigenvalue weighted by Crippen LogP contribution is -2.07. The maximum absolute atomic E-state index is 12.0. The zero-order chi connectivity index (χ0) is 23.3. The Labute approximate surface area is 197 Å². The van der Waals surface area contributed by atoms with Gasteiger partial charge in [0.2, 0.25) is 0 Å². The molecule has 3 aromatic rings. The topological polar surface area (TPSA) is 52.1 Å². The van der Waals surface area contributed by atoms with Gasteiger partial charge in [-0.15, -0.1) is 0 Å². The van der Waals surface area contributed by atoms with E-state index in [9.17, 15) is 4.79 Å². The number of carbonyl (C=O) groups excluding carboxylic acids is 1. The van der Waals surface area contributed by atoms with E-state index in [2.05, 4.69) is 60.2 Å². The second kappa shape index (κ2) is 13.3. The molecule has 2 aromatic carbocycles. The molecule has 0 saturated heterocycles. The van der Waals surface area contributed by atoms with Gasteiger partial charge in [0.1, 0.15) is 5.75 Å². The third-order valence-electron chi connectivity index (χ3n) is 5.51. The van der Waals surface area contributed by atoms with Gasteiger partial charge in [0, 0.05) is 29.9 Å². The summed E-state index contributed by atoms with van der Waals surface area (Å²) >= 11 is 0. The summed E-state index contributed by atoms with van der Waals surface area (Å²) in [6, 6.07) is 16.0. The van der Waals surface area contributed by atoms with Crippen LogP contribution >= 0.6 is 0 Å². The van der Waals surface area contributed by atoms with Gasteiger partial charge in [-0.3, -0.25) is 4.79 Å². The van der Waals surface area contributed by atoms with E-state index in [1.54, 1.807) is 12.1 Å². The van der Waals surface area contributed by atoms with Crippen LogP contribution in [0.15, 0.2) is 73.1 Å². The van der Waals surface area contributed by atoms with Crippen LogP contribution in [0.4, 0.5) is 0 Å². The smallest absolute Gasteiger partial charge is 0.311 e. The summed E-state index contributed by atoms with van der Waals surface area (Å²) in [5, 5.41) is 0. The summed E-state index contributed by atoms with van der Waals surface area (Å²) in [5.41, 5.74) is 4.38. The SMILES string of the molecule is CC/C=C\CCCC(=O)Oc1ccc(-c2ncc(-c3ccc(CCCCC)cc3)cn2)cc1. The number of ether oxygens (including phenoxy) is 1. The fourth-order valence-corrected chi connectivity index (χ4v) is 3.57. The molecule has 0 amide bonds. The molecule has 0 unspecified atom stereocenters. The number of esters is 1. The highest BCUT2D eigenvalue weighted by molar-refractivity contribution is 5.72. The molecule has 0 aliphatic carbocycles. The van der Waals surface area contributed by atoms with E-state index in [-0.39, 0.29) is 5.97 Å². The van der Waals surface area contributed by atoms with Crippen molar-refractivity contribution in [2.45, 2.75) is 65.2 Å². The highest BCUT2D eigenvalue weighted by Crippen LogP contribution is 2.23. The molecule has 1 heterocycles. The molecule has 33 heavy (non-hydrogen) atoms. The lowest BCUT2D eigenvalue weighted by molar-refractivity contribution is -0.134. The number of nitrogens with zero attached hydrogens (tertiary/aromatic N) is 2. The Morgan fingerprint density at radius 3 is 2.18 bits per heavy atom. The van der Waals surface area contributed by atoms with Crippen LogP contribution in [0.3, 0.4) is 0 Å². The molecule has 0 N–H and O–H groups in total. The first kappa shape index (κ1) is 24.4. The average molecular weight is 443 g/mol. The molecule has 0 saturated carbocycles. The zero-order valence-electron chi connectivity index (χ0n) is 19.8. The standard InChI is InChI=1S/C29H34N2O2/c1-3-5-7-8-10-12-28(32)33-27-19-17-25(18-20-27)29-30-21-26(22-31-29)24-15-13-23(14-16-24)11-9-6-4-2/h5,7,13-22H,3-4,6,8-12H2,1-2H3/b7-5-. The van der Waals surface area contributed by atoms with Gasteiger partial charge < -0.3 is 4.74 Å². The van der Waals surface area contributed by atoms with E-state index in [1.165, 1.54) is 24.8 Å². The lowest BCUT2D eigenvalue weighted by atomic mass is 10.0. The predicted octanol–water partition coefficient (Wildman–Crippen LogP) is 7.59. The Bertz CT molecular complexity index is 1010. The normalized spacial score (nSPS) is 11.1.